The van der Waals surface area contributed by atoms with E-state index >= 15 is 0 Å². The lowest BCUT2D eigenvalue weighted by molar-refractivity contribution is -0.109. The fourth-order valence-corrected chi connectivity index (χ4v) is 3.28. The van der Waals surface area contributed by atoms with Crippen molar-refractivity contribution in [3.05, 3.63) is 41.5 Å². The summed E-state index contributed by atoms with van der Waals surface area (Å²) in [6, 6.07) is 8.38. The van der Waals surface area contributed by atoms with Crippen LogP contribution in [0.2, 0.25) is 0 Å². The Morgan fingerprint density at radius 2 is 2.00 bits per heavy atom. The average Bonchev–Trinajstić information content (AvgIpc) is 2.56. The van der Waals surface area contributed by atoms with E-state index in [4.69, 9.17) is 0 Å². The topological polar surface area (TPSA) is 17.1 Å². The van der Waals surface area contributed by atoms with Gasteiger partial charge in [-0.25, -0.2) is 0 Å². The first-order chi connectivity index (χ1) is 7.14. The summed E-state index contributed by atoms with van der Waals surface area (Å²) >= 11 is 0. The maximum atomic E-state index is 11.1. The van der Waals surface area contributed by atoms with Crippen LogP contribution in [0.1, 0.15) is 25.0 Å². The summed E-state index contributed by atoms with van der Waals surface area (Å²) in [7, 11) is 0. The smallest absolute Gasteiger partial charge is 0.124 e. The summed E-state index contributed by atoms with van der Waals surface area (Å²) in [4.78, 5) is 11.1. The molecular weight excluding hydrogens is 184 g/mol. The third kappa shape index (κ3) is 0.785. The SMILES string of the molecule is CC1(C)[C@@H](C=O)[C@@]12C=Cc1ccccc12. The quantitative estimate of drug-likeness (QED) is 0.634. The number of rotatable bonds is 1. The second kappa shape index (κ2) is 2.41. The molecule has 1 aromatic carbocycles. The van der Waals surface area contributed by atoms with Gasteiger partial charge in [0.2, 0.25) is 0 Å². The number of allylic oxidation sites excluding steroid dienone is 1. The van der Waals surface area contributed by atoms with Crippen molar-refractivity contribution in [3.8, 4) is 0 Å². The van der Waals surface area contributed by atoms with E-state index in [1.54, 1.807) is 0 Å². The number of carbonyl (C=O) groups is 1. The molecule has 0 amide bonds. The molecule has 0 unspecified atom stereocenters. The number of hydrogen-bond donors (Lipinski definition) is 0. The lowest BCUT2D eigenvalue weighted by atomic mass is 9.90. The van der Waals surface area contributed by atoms with Gasteiger partial charge in [-0.1, -0.05) is 50.3 Å². The molecule has 1 heteroatoms. The highest BCUT2D eigenvalue weighted by atomic mass is 16.1. The monoisotopic (exact) mass is 198 g/mol. The van der Waals surface area contributed by atoms with Crippen LogP contribution < -0.4 is 0 Å². The van der Waals surface area contributed by atoms with Crippen LogP contribution in [0.3, 0.4) is 0 Å². The van der Waals surface area contributed by atoms with Gasteiger partial charge in [0, 0.05) is 11.3 Å². The van der Waals surface area contributed by atoms with Crippen molar-refractivity contribution >= 4 is 12.4 Å². The Morgan fingerprint density at radius 1 is 1.27 bits per heavy atom. The molecule has 15 heavy (non-hydrogen) atoms. The number of hydrogen-bond acceptors (Lipinski definition) is 1. The van der Waals surface area contributed by atoms with Crippen molar-refractivity contribution in [3.63, 3.8) is 0 Å². The lowest BCUT2D eigenvalue weighted by Gasteiger charge is -2.13. The molecule has 0 saturated heterocycles. The number of benzene rings is 1. The molecule has 1 saturated carbocycles. The Bertz CT molecular complexity index is 470. The highest BCUT2D eigenvalue weighted by molar-refractivity contribution is 5.78. The van der Waals surface area contributed by atoms with Crippen molar-refractivity contribution in [1.82, 2.24) is 0 Å². The highest BCUT2D eigenvalue weighted by Crippen LogP contribution is 2.71. The Kier molecular flexibility index (Phi) is 1.43. The Morgan fingerprint density at radius 3 is 2.67 bits per heavy atom. The standard InChI is InChI=1S/C14H14O/c1-13(2)12(9-15)14(13)8-7-10-5-3-4-6-11(10)14/h3-9,12H,1-2H3/t12-,14+/m1/s1. The van der Waals surface area contributed by atoms with E-state index in [9.17, 15) is 4.79 Å². The van der Waals surface area contributed by atoms with Crippen LogP contribution in [0.25, 0.3) is 6.08 Å². The molecule has 1 aromatic rings. The van der Waals surface area contributed by atoms with E-state index in [0.717, 1.165) is 6.29 Å². The van der Waals surface area contributed by atoms with Gasteiger partial charge in [0.15, 0.2) is 0 Å². The van der Waals surface area contributed by atoms with Crippen molar-refractivity contribution in [2.45, 2.75) is 19.3 Å². The molecule has 0 aromatic heterocycles. The zero-order chi connectivity index (χ0) is 10.7. The van der Waals surface area contributed by atoms with Gasteiger partial charge in [-0.3, -0.25) is 0 Å². The van der Waals surface area contributed by atoms with E-state index in [0.29, 0.717) is 0 Å². The molecule has 0 aliphatic heterocycles. The lowest BCUT2D eigenvalue weighted by Crippen LogP contribution is -2.09. The third-order valence-electron chi connectivity index (χ3n) is 4.32. The maximum absolute atomic E-state index is 11.1. The summed E-state index contributed by atoms with van der Waals surface area (Å²) in [6.45, 7) is 4.36. The van der Waals surface area contributed by atoms with Gasteiger partial charge >= 0.3 is 0 Å². The Hall–Kier alpha value is -1.37. The molecule has 2 atom stereocenters. The van der Waals surface area contributed by atoms with Crippen molar-refractivity contribution in [1.29, 1.82) is 0 Å². The van der Waals surface area contributed by atoms with Crippen molar-refractivity contribution < 1.29 is 4.79 Å². The predicted molar refractivity (Wildman–Crippen MR) is 60.5 cm³/mol. The molecule has 76 valence electrons. The minimum Gasteiger partial charge on any atom is -0.303 e. The molecule has 2 aliphatic rings. The number of fused-ring (bicyclic) bond motifs is 2. The summed E-state index contributed by atoms with van der Waals surface area (Å²) in [5.74, 6) is 0.143. The minimum absolute atomic E-state index is 0.00859. The Balaban J connectivity index is 2.20. The summed E-state index contributed by atoms with van der Waals surface area (Å²) in [6.07, 6.45) is 5.49. The molecule has 1 spiro atoms. The highest BCUT2D eigenvalue weighted by Gasteiger charge is 2.71. The van der Waals surface area contributed by atoms with E-state index in [2.05, 4.69) is 44.2 Å². The van der Waals surface area contributed by atoms with Gasteiger partial charge in [-0.05, 0) is 16.5 Å². The van der Waals surface area contributed by atoms with Gasteiger partial charge in [0.1, 0.15) is 6.29 Å². The molecule has 1 fully saturated rings. The summed E-state index contributed by atoms with van der Waals surface area (Å²) in [5, 5.41) is 0. The molecule has 0 heterocycles. The van der Waals surface area contributed by atoms with Crippen LogP contribution in [-0.4, -0.2) is 6.29 Å². The van der Waals surface area contributed by atoms with Gasteiger partial charge in [0.25, 0.3) is 0 Å². The predicted octanol–water partition coefficient (Wildman–Crippen LogP) is 2.81. The fourth-order valence-electron chi connectivity index (χ4n) is 3.28. The first-order valence-electron chi connectivity index (χ1n) is 5.38. The molecule has 1 nitrogen and oxygen atoms in total. The second-order valence-corrected chi connectivity index (χ2v) is 5.13. The van der Waals surface area contributed by atoms with Gasteiger partial charge in [-0.2, -0.15) is 0 Å². The van der Waals surface area contributed by atoms with Crippen molar-refractivity contribution in [2.24, 2.45) is 11.3 Å². The molecule has 0 bridgehead atoms. The molecular formula is C14H14O. The molecule has 3 rings (SSSR count). The van der Waals surface area contributed by atoms with E-state index < -0.39 is 0 Å². The normalized spacial score (nSPS) is 34.1. The zero-order valence-electron chi connectivity index (χ0n) is 9.03. The summed E-state index contributed by atoms with van der Waals surface area (Å²) < 4.78 is 0. The fraction of sp³-hybridized carbons (Fsp3) is 0.357. The molecule has 0 N–H and O–H groups in total. The summed E-state index contributed by atoms with van der Waals surface area (Å²) in [5.41, 5.74) is 2.67. The van der Waals surface area contributed by atoms with Crippen LogP contribution in [-0.2, 0) is 10.2 Å². The largest absolute Gasteiger partial charge is 0.303 e. The van der Waals surface area contributed by atoms with Gasteiger partial charge < -0.3 is 4.79 Å². The zero-order valence-corrected chi connectivity index (χ0v) is 9.03. The number of aldehydes is 1. The van der Waals surface area contributed by atoms with E-state index in [-0.39, 0.29) is 16.7 Å². The second-order valence-electron chi connectivity index (χ2n) is 5.13. The maximum Gasteiger partial charge on any atom is 0.124 e. The number of carbonyl (C=O) groups excluding carboxylic acids is 1. The average molecular weight is 198 g/mol. The molecule has 0 radical (unpaired) electrons. The van der Waals surface area contributed by atoms with Gasteiger partial charge in [0.05, 0.1) is 0 Å². The first kappa shape index (κ1) is 8.90. The van der Waals surface area contributed by atoms with Crippen LogP contribution >= 0.6 is 0 Å². The first-order valence-corrected chi connectivity index (χ1v) is 5.38. The van der Waals surface area contributed by atoms with Crippen LogP contribution in [0.4, 0.5) is 0 Å². The van der Waals surface area contributed by atoms with E-state index in [1.807, 2.05) is 6.07 Å². The van der Waals surface area contributed by atoms with Gasteiger partial charge in [-0.15, -0.1) is 0 Å². The Labute approximate surface area is 89.8 Å². The van der Waals surface area contributed by atoms with Crippen LogP contribution in [0.5, 0.6) is 0 Å². The van der Waals surface area contributed by atoms with Crippen LogP contribution in [0.15, 0.2) is 30.3 Å². The minimum atomic E-state index is -0.00859. The van der Waals surface area contributed by atoms with Crippen LogP contribution in [0, 0.1) is 11.3 Å². The third-order valence-corrected chi connectivity index (χ3v) is 4.32. The molecule has 2 aliphatic carbocycles. The van der Waals surface area contributed by atoms with Crippen molar-refractivity contribution in [2.75, 3.05) is 0 Å². The van der Waals surface area contributed by atoms with E-state index in [1.165, 1.54) is 11.1 Å².